The second-order valence-electron chi connectivity index (χ2n) is 4.04. The van der Waals surface area contributed by atoms with Crippen molar-refractivity contribution in [3.63, 3.8) is 0 Å². The van der Waals surface area contributed by atoms with Gasteiger partial charge in [0, 0.05) is 28.6 Å². The zero-order valence-electron chi connectivity index (χ0n) is 9.68. The van der Waals surface area contributed by atoms with Gasteiger partial charge in [0.25, 0.3) is 0 Å². The van der Waals surface area contributed by atoms with Crippen molar-refractivity contribution in [2.75, 3.05) is 0 Å². The van der Waals surface area contributed by atoms with Gasteiger partial charge in [0.2, 0.25) is 0 Å². The number of halogens is 2. The Hall–Kier alpha value is -1.65. The standard InChI is InChI=1S/C14H8BrClN2O/c15-10-3-1-2-9(8-10)13(19)12-11(16)4-6-18-7-5-17-14(12)18/h1-8H. The van der Waals surface area contributed by atoms with Crippen molar-refractivity contribution in [1.29, 1.82) is 0 Å². The van der Waals surface area contributed by atoms with Crippen LogP contribution in [0.15, 0.2) is 53.4 Å². The molecule has 3 rings (SSSR count). The maximum atomic E-state index is 12.6. The number of carbonyl (C=O) groups is 1. The summed E-state index contributed by atoms with van der Waals surface area (Å²) >= 11 is 9.52. The lowest BCUT2D eigenvalue weighted by Crippen LogP contribution is -2.05. The number of nitrogens with zero attached hydrogens (tertiary/aromatic N) is 2. The van der Waals surface area contributed by atoms with Crippen LogP contribution in [-0.4, -0.2) is 15.2 Å². The Bertz CT molecular complexity index is 782. The van der Waals surface area contributed by atoms with Gasteiger partial charge < -0.3 is 4.40 Å². The smallest absolute Gasteiger partial charge is 0.198 e. The summed E-state index contributed by atoms with van der Waals surface area (Å²) in [6, 6.07) is 8.91. The van der Waals surface area contributed by atoms with Gasteiger partial charge in [-0.2, -0.15) is 0 Å². The molecule has 0 N–H and O–H groups in total. The summed E-state index contributed by atoms with van der Waals surface area (Å²) in [5.41, 5.74) is 1.57. The second kappa shape index (κ2) is 4.79. The molecule has 1 aromatic carbocycles. The van der Waals surface area contributed by atoms with E-state index in [4.69, 9.17) is 11.6 Å². The number of pyridine rings is 1. The van der Waals surface area contributed by atoms with Gasteiger partial charge in [0.1, 0.15) is 5.65 Å². The maximum Gasteiger partial charge on any atom is 0.198 e. The predicted molar refractivity (Wildman–Crippen MR) is 77.8 cm³/mol. The van der Waals surface area contributed by atoms with E-state index in [1.54, 1.807) is 41.2 Å². The highest BCUT2D eigenvalue weighted by Crippen LogP contribution is 2.24. The first-order chi connectivity index (χ1) is 9.16. The molecule has 2 aromatic heterocycles. The fraction of sp³-hybridized carbons (Fsp3) is 0. The molecule has 0 spiro atoms. The number of imidazole rings is 1. The van der Waals surface area contributed by atoms with Crippen molar-refractivity contribution in [2.45, 2.75) is 0 Å². The Labute approximate surface area is 123 Å². The summed E-state index contributed by atoms with van der Waals surface area (Å²) < 4.78 is 2.63. The van der Waals surface area contributed by atoms with Crippen LogP contribution in [0.1, 0.15) is 15.9 Å². The molecule has 94 valence electrons. The number of fused-ring (bicyclic) bond motifs is 1. The number of ketones is 1. The minimum atomic E-state index is -0.136. The van der Waals surface area contributed by atoms with Gasteiger partial charge in [-0.3, -0.25) is 4.79 Å². The summed E-state index contributed by atoms with van der Waals surface area (Å²) in [6.45, 7) is 0. The highest BCUT2D eigenvalue weighted by atomic mass is 79.9. The molecule has 0 saturated heterocycles. The van der Waals surface area contributed by atoms with Crippen LogP contribution in [0.25, 0.3) is 5.65 Å². The van der Waals surface area contributed by atoms with E-state index in [1.807, 2.05) is 12.1 Å². The Morgan fingerprint density at radius 1 is 1.26 bits per heavy atom. The normalized spacial score (nSPS) is 10.8. The van der Waals surface area contributed by atoms with E-state index < -0.39 is 0 Å². The van der Waals surface area contributed by atoms with Crippen LogP contribution in [0.3, 0.4) is 0 Å². The summed E-state index contributed by atoms with van der Waals surface area (Å²) in [7, 11) is 0. The van der Waals surface area contributed by atoms with Gasteiger partial charge in [-0.15, -0.1) is 0 Å². The van der Waals surface area contributed by atoms with Gasteiger partial charge in [0.05, 0.1) is 10.6 Å². The Kier molecular flexibility index (Phi) is 3.12. The Balaban J connectivity index is 2.21. The second-order valence-corrected chi connectivity index (χ2v) is 5.36. The third-order valence-electron chi connectivity index (χ3n) is 2.83. The molecule has 3 nitrogen and oxygen atoms in total. The van der Waals surface area contributed by atoms with Crippen LogP contribution in [0.2, 0.25) is 5.02 Å². The van der Waals surface area contributed by atoms with Crippen LogP contribution in [-0.2, 0) is 0 Å². The number of hydrogen-bond acceptors (Lipinski definition) is 2. The van der Waals surface area contributed by atoms with Crippen molar-refractivity contribution < 1.29 is 4.79 Å². The largest absolute Gasteiger partial charge is 0.306 e. The Morgan fingerprint density at radius 2 is 2.11 bits per heavy atom. The number of benzene rings is 1. The van der Waals surface area contributed by atoms with Crippen LogP contribution in [0.5, 0.6) is 0 Å². The molecule has 3 aromatic rings. The van der Waals surface area contributed by atoms with Crippen molar-refractivity contribution >= 4 is 39.0 Å². The van der Waals surface area contributed by atoms with Gasteiger partial charge in [0.15, 0.2) is 5.78 Å². The minimum absolute atomic E-state index is 0.136. The van der Waals surface area contributed by atoms with E-state index >= 15 is 0 Å². The molecule has 0 bridgehead atoms. The van der Waals surface area contributed by atoms with Crippen molar-refractivity contribution in [1.82, 2.24) is 9.38 Å². The molecule has 0 aliphatic carbocycles. The van der Waals surface area contributed by atoms with Crippen molar-refractivity contribution in [3.05, 3.63) is 69.5 Å². The SMILES string of the molecule is O=C(c1cccc(Br)c1)c1c(Cl)ccn2ccnc12. The maximum absolute atomic E-state index is 12.6. The number of carbonyl (C=O) groups excluding carboxylic acids is 1. The minimum Gasteiger partial charge on any atom is -0.306 e. The quantitative estimate of drug-likeness (QED) is 0.664. The summed E-state index contributed by atoms with van der Waals surface area (Å²) in [4.78, 5) is 16.8. The molecule has 0 aliphatic rings. The molecule has 0 saturated carbocycles. The number of hydrogen-bond donors (Lipinski definition) is 0. The van der Waals surface area contributed by atoms with Gasteiger partial charge >= 0.3 is 0 Å². The summed E-state index contributed by atoms with van der Waals surface area (Å²) in [6.07, 6.45) is 5.20. The van der Waals surface area contributed by atoms with Crippen LogP contribution < -0.4 is 0 Å². The average molecular weight is 336 g/mol. The third kappa shape index (κ3) is 2.17. The number of aromatic nitrogens is 2. The Morgan fingerprint density at radius 3 is 2.89 bits per heavy atom. The third-order valence-corrected chi connectivity index (χ3v) is 3.63. The molecule has 0 aliphatic heterocycles. The van der Waals surface area contributed by atoms with E-state index in [9.17, 15) is 4.79 Å². The zero-order chi connectivity index (χ0) is 13.4. The summed E-state index contributed by atoms with van der Waals surface area (Å²) in [5.74, 6) is -0.136. The first-order valence-electron chi connectivity index (χ1n) is 5.58. The number of rotatable bonds is 2. The molecule has 2 heterocycles. The van der Waals surface area contributed by atoms with Gasteiger partial charge in [-0.1, -0.05) is 39.7 Å². The monoisotopic (exact) mass is 334 g/mol. The average Bonchev–Trinajstić information content (AvgIpc) is 2.86. The molecule has 0 fully saturated rings. The first-order valence-corrected chi connectivity index (χ1v) is 6.75. The predicted octanol–water partition coefficient (Wildman–Crippen LogP) is 3.98. The van der Waals surface area contributed by atoms with Crippen LogP contribution in [0.4, 0.5) is 0 Å². The summed E-state index contributed by atoms with van der Waals surface area (Å²) in [5, 5.41) is 0.406. The van der Waals surface area contributed by atoms with Gasteiger partial charge in [-0.05, 0) is 18.2 Å². The van der Waals surface area contributed by atoms with E-state index in [1.165, 1.54) is 0 Å². The highest BCUT2D eigenvalue weighted by Gasteiger charge is 2.18. The molecular weight excluding hydrogens is 328 g/mol. The fourth-order valence-electron chi connectivity index (χ4n) is 1.95. The molecule has 5 heteroatoms. The lowest BCUT2D eigenvalue weighted by molar-refractivity contribution is 0.104. The zero-order valence-corrected chi connectivity index (χ0v) is 12.0. The molecule has 19 heavy (non-hydrogen) atoms. The lowest BCUT2D eigenvalue weighted by Gasteiger charge is -2.06. The lowest BCUT2D eigenvalue weighted by atomic mass is 10.0. The van der Waals surface area contributed by atoms with E-state index in [0.29, 0.717) is 21.8 Å². The molecule has 0 amide bonds. The first kappa shape index (κ1) is 12.4. The molecule has 0 unspecified atom stereocenters. The van der Waals surface area contributed by atoms with Crippen LogP contribution in [0, 0.1) is 0 Å². The highest BCUT2D eigenvalue weighted by molar-refractivity contribution is 9.10. The van der Waals surface area contributed by atoms with E-state index in [-0.39, 0.29) is 5.78 Å². The van der Waals surface area contributed by atoms with Crippen molar-refractivity contribution in [3.8, 4) is 0 Å². The van der Waals surface area contributed by atoms with E-state index in [2.05, 4.69) is 20.9 Å². The molecule has 0 radical (unpaired) electrons. The van der Waals surface area contributed by atoms with Gasteiger partial charge in [-0.25, -0.2) is 4.98 Å². The topological polar surface area (TPSA) is 34.4 Å². The molecule has 0 atom stereocenters. The molecular formula is C14H8BrClN2O. The van der Waals surface area contributed by atoms with E-state index in [0.717, 1.165) is 4.47 Å². The fourth-order valence-corrected chi connectivity index (χ4v) is 2.57. The van der Waals surface area contributed by atoms with Crippen LogP contribution >= 0.6 is 27.5 Å². The van der Waals surface area contributed by atoms with Crippen molar-refractivity contribution in [2.24, 2.45) is 0 Å².